The van der Waals surface area contributed by atoms with Crippen LogP contribution in [0, 0.1) is 0 Å². The summed E-state index contributed by atoms with van der Waals surface area (Å²) in [5.74, 6) is -0.428. The summed E-state index contributed by atoms with van der Waals surface area (Å²) in [5.41, 5.74) is 6.74. The van der Waals surface area contributed by atoms with E-state index in [-0.39, 0.29) is 0 Å². The zero-order valence-electron chi connectivity index (χ0n) is 15.0. The third-order valence-electron chi connectivity index (χ3n) is 3.10. The summed E-state index contributed by atoms with van der Waals surface area (Å²) < 4.78 is 10.9. The number of benzene rings is 1. The Morgan fingerprint density at radius 3 is 2.60 bits per heavy atom. The van der Waals surface area contributed by atoms with Gasteiger partial charge in [0.05, 0.1) is 13.7 Å². The zero-order valence-corrected chi connectivity index (χ0v) is 16.6. The van der Waals surface area contributed by atoms with E-state index in [1.807, 2.05) is 32.9 Å². The van der Waals surface area contributed by atoms with Gasteiger partial charge in [0.1, 0.15) is 5.60 Å². The topological polar surface area (TPSA) is 81.9 Å². The van der Waals surface area contributed by atoms with E-state index < -0.39 is 17.7 Å². The lowest BCUT2D eigenvalue weighted by atomic mass is 10.2. The first kappa shape index (κ1) is 21.0. The molecule has 0 aliphatic carbocycles. The van der Waals surface area contributed by atoms with Gasteiger partial charge in [0.15, 0.2) is 0 Å². The molecule has 1 rings (SSSR count). The van der Waals surface area contributed by atoms with Crippen LogP contribution >= 0.6 is 15.9 Å². The molecule has 0 saturated heterocycles. The SMILES string of the molecule is COC(=O)C=CCCN(Cc1cc(N)ccc1Br)C(=O)OC(C)(C)C. The van der Waals surface area contributed by atoms with E-state index in [1.165, 1.54) is 13.2 Å². The van der Waals surface area contributed by atoms with Crippen LogP contribution < -0.4 is 5.73 Å². The molecule has 0 radical (unpaired) electrons. The smallest absolute Gasteiger partial charge is 0.410 e. The highest BCUT2D eigenvalue weighted by atomic mass is 79.9. The third-order valence-corrected chi connectivity index (χ3v) is 3.88. The Bertz CT molecular complexity index is 638. The first-order valence-corrected chi connectivity index (χ1v) is 8.68. The van der Waals surface area contributed by atoms with Crippen LogP contribution in [-0.2, 0) is 20.8 Å². The highest BCUT2D eigenvalue weighted by molar-refractivity contribution is 9.10. The van der Waals surface area contributed by atoms with E-state index in [9.17, 15) is 9.59 Å². The number of nitrogens with two attached hydrogens (primary N) is 1. The normalized spacial score (nSPS) is 11.4. The van der Waals surface area contributed by atoms with E-state index in [0.717, 1.165) is 10.0 Å². The van der Waals surface area contributed by atoms with Gasteiger partial charge in [-0.3, -0.25) is 0 Å². The number of rotatable bonds is 6. The fourth-order valence-electron chi connectivity index (χ4n) is 1.96. The van der Waals surface area contributed by atoms with Gasteiger partial charge in [-0.2, -0.15) is 0 Å². The number of methoxy groups -OCH3 is 1. The van der Waals surface area contributed by atoms with Gasteiger partial charge >= 0.3 is 12.1 Å². The van der Waals surface area contributed by atoms with Crippen LogP contribution in [0.2, 0.25) is 0 Å². The molecule has 138 valence electrons. The number of amides is 1. The summed E-state index contributed by atoms with van der Waals surface area (Å²) in [6.45, 7) is 6.18. The molecule has 0 unspecified atom stereocenters. The minimum absolute atomic E-state index is 0.340. The van der Waals surface area contributed by atoms with Gasteiger partial charge in [-0.25, -0.2) is 9.59 Å². The van der Waals surface area contributed by atoms with Gasteiger partial charge in [0.2, 0.25) is 0 Å². The number of carbonyl (C=O) groups excluding carboxylic acids is 2. The lowest BCUT2D eigenvalue weighted by Crippen LogP contribution is -2.37. The van der Waals surface area contributed by atoms with Crippen LogP contribution in [0.1, 0.15) is 32.8 Å². The van der Waals surface area contributed by atoms with Gasteiger partial charge in [-0.1, -0.05) is 22.0 Å². The molecule has 0 aliphatic rings. The van der Waals surface area contributed by atoms with Crippen molar-refractivity contribution in [2.45, 2.75) is 39.3 Å². The molecule has 0 heterocycles. The zero-order chi connectivity index (χ0) is 19.0. The second-order valence-electron chi connectivity index (χ2n) is 6.47. The molecule has 0 spiro atoms. The predicted molar refractivity (Wildman–Crippen MR) is 101 cm³/mol. The van der Waals surface area contributed by atoms with Crippen molar-refractivity contribution in [3.05, 3.63) is 40.4 Å². The first-order chi connectivity index (χ1) is 11.6. The molecule has 0 fully saturated rings. The number of nitrogen functional groups attached to an aromatic ring is 1. The molecule has 1 aromatic rings. The lowest BCUT2D eigenvalue weighted by molar-refractivity contribution is -0.134. The molecule has 1 amide bonds. The molecule has 2 N–H and O–H groups in total. The van der Waals surface area contributed by atoms with E-state index in [0.29, 0.717) is 25.2 Å². The Morgan fingerprint density at radius 2 is 2.00 bits per heavy atom. The van der Waals surface area contributed by atoms with Crippen molar-refractivity contribution in [2.75, 3.05) is 19.4 Å². The Kier molecular flexibility index (Phi) is 7.96. The van der Waals surface area contributed by atoms with Crippen LogP contribution in [0.4, 0.5) is 10.5 Å². The fraction of sp³-hybridized carbons (Fsp3) is 0.444. The summed E-state index contributed by atoms with van der Waals surface area (Å²) in [6.07, 6.45) is 3.07. The largest absolute Gasteiger partial charge is 0.466 e. The standard InChI is InChI=1S/C18H25BrN2O4/c1-18(2,3)25-17(23)21(10-6-5-7-16(22)24-4)12-13-11-14(20)8-9-15(13)19/h5,7-9,11H,6,10,12,20H2,1-4H3. The minimum atomic E-state index is -0.593. The van der Waals surface area contributed by atoms with Crippen molar-refractivity contribution in [1.29, 1.82) is 0 Å². The molecule has 0 atom stereocenters. The number of anilines is 1. The second kappa shape index (κ2) is 9.46. The van der Waals surface area contributed by atoms with E-state index in [2.05, 4.69) is 20.7 Å². The highest BCUT2D eigenvalue weighted by Crippen LogP contribution is 2.22. The van der Waals surface area contributed by atoms with E-state index in [1.54, 1.807) is 17.0 Å². The summed E-state index contributed by atoms with van der Waals surface area (Å²) in [4.78, 5) is 25.2. The van der Waals surface area contributed by atoms with Crippen molar-refractivity contribution in [3.8, 4) is 0 Å². The van der Waals surface area contributed by atoms with Crippen molar-refractivity contribution in [2.24, 2.45) is 0 Å². The molecule has 0 aromatic heterocycles. The van der Waals surface area contributed by atoms with Gasteiger partial charge in [-0.15, -0.1) is 0 Å². The number of halogens is 1. The van der Waals surface area contributed by atoms with Gasteiger partial charge in [-0.05, 0) is 51.0 Å². The summed E-state index contributed by atoms with van der Waals surface area (Å²) in [7, 11) is 1.32. The number of carbonyl (C=O) groups is 2. The number of esters is 1. The molecule has 0 bridgehead atoms. The van der Waals surface area contributed by atoms with Gasteiger partial charge < -0.3 is 20.1 Å². The first-order valence-electron chi connectivity index (χ1n) is 7.88. The molecule has 25 heavy (non-hydrogen) atoms. The molecule has 0 aliphatic heterocycles. The minimum Gasteiger partial charge on any atom is -0.466 e. The quantitative estimate of drug-likeness (QED) is 0.435. The molecule has 0 saturated carbocycles. The van der Waals surface area contributed by atoms with Crippen molar-refractivity contribution in [1.82, 2.24) is 4.90 Å². The monoisotopic (exact) mass is 412 g/mol. The molecule has 7 heteroatoms. The number of nitrogens with zero attached hydrogens (tertiary/aromatic N) is 1. The highest BCUT2D eigenvalue weighted by Gasteiger charge is 2.22. The Balaban J connectivity index is 2.86. The molecule has 6 nitrogen and oxygen atoms in total. The average Bonchev–Trinajstić information content (AvgIpc) is 2.51. The summed E-state index contributed by atoms with van der Waals surface area (Å²) >= 11 is 3.47. The lowest BCUT2D eigenvalue weighted by Gasteiger charge is -2.27. The average molecular weight is 413 g/mol. The Morgan fingerprint density at radius 1 is 1.32 bits per heavy atom. The second-order valence-corrected chi connectivity index (χ2v) is 7.32. The Hall–Kier alpha value is -2.02. The maximum absolute atomic E-state index is 12.5. The number of hydrogen-bond donors (Lipinski definition) is 1. The maximum atomic E-state index is 12.5. The number of hydrogen-bond acceptors (Lipinski definition) is 5. The fourth-order valence-corrected chi connectivity index (χ4v) is 2.33. The van der Waals surface area contributed by atoms with E-state index in [4.69, 9.17) is 10.5 Å². The van der Waals surface area contributed by atoms with Crippen molar-refractivity contribution in [3.63, 3.8) is 0 Å². The summed E-state index contributed by atoms with van der Waals surface area (Å²) in [6, 6.07) is 5.44. The van der Waals surface area contributed by atoms with Crippen LogP contribution in [0.15, 0.2) is 34.8 Å². The third kappa shape index (κ3) is 8.07. The van der Waals surface area contributed by atoms with Crippen LogP contribution in [0.5, 0.6) is 0 Å². The van der Waals surface area contributed by atoms with Crippen LogP contribution in [0.3, 0.4) is 0 Å². The van der Waals surface area contributed by atoms with Gasteiger partial charge in [0.25, 0.3) is 0 Å². The van der Waals surface area contributed by atoms with Crippen molar-refractivity contribution < 1.29 is 19.1 Å². The summed E-state index contributed by atoms with van der Waals surface area (Å²) in [5, 5.41) is 0. The number of ether oxygens (including phenoxy) is 2. The molecular weight excluding hydrogens is 388 g/mol. The molecule has 1 aromatic carbocycles. The Labute approximate surface area is 157 Å². The van der Waals surface area contributed by atoms with E-state index >= 15 is 0 Å². The predicted octanol–water partition coefficient (Wildman–Crippen LogP) is 3.89. The van der Waals surface area contributed by atoms with Crippen LogP contribution in [-0.4, -0.2) is 36.2 Å². The van der Waals surface area contributed by atoms with Gasteiger partial charge in [0, 0.05) is 22.8 Å². The van der Waals surface area contributed by atoms with Crippen LogP contribution in [0.25, 0.3) is 0 Å². The van der Waals surface area contributed by atoms with Crippen molar-refractivity contribution >= 4 is 33.7 Å². The molecular formula is C18H25BrN2O4. The maximum Gasteiger partial charge on any atom is 0.410 e.